The molecule has 1 unspecified atom stereocenters. The molecular weight excluding hydrogens is 374 g/mol. The molecule has 0 spiro atoms. The van der Waals surface area contributed by atoms with Crippen molar-refractivity contribution in [1.29, 1.82) is 0 Å². The van der Waals surface area contributed by atoms with E-state index >= 15 is 0 Å². The molecule has 1 atom stereocenters. The second-order valence-electron chi connectivity index (χ2n) is 6.85. The van der Waals surface area contributed by atoms with E-state index in [2.05, 4.69) is 5.32 Å². The Kier molecular flexibility index (Phi) is 4.68. The van der Waals surface area contributed by atoms with Crippen LogP contribution in [0.4, 0.5) is 5.69 Å². The van der Waals surface area contributed by atoms with Gasteiger partial charge in [0.15, 0.2) is 0 Å². The predicted octanol–water partition coefficient (Wildman–Crippen LogP) is 3.12. The normalized spacial score (nSPS) is 16.5. The zero-order valence-corrected chi connectivity index (χ0v) is 16.3. The molecule has 6 nitrogen and oxygen atoms in total. The first kappa shape index (κ1) is 18.3. The third kappa shape index (κ3) is 3.53. The van der Waals surface area contributed by atoms with Crippen molar-refractivity contribution in [3.05, 3.63) is 84.2 Å². The molecule has 1 aliphatic heterocycles. The summed E-state index contributed by atoms with van der Waals surface area (Å²) in [5.41, 5.74) is 2.91. The lowest BCUT2D eigenvalue weighted by atomic mass is 9.97. The van der Waals surface area contributed by atoms with E-state index < -0.39 is 10.0 Å². The number of sulfonamides is 1. The number of nitrogens with one attached hydrogen (secondary N) is 1. The number of nitrogens with zero attached hydrogens (tertiary/aromatic N) is 2. The first-order chi connectivity index (χ1) is 13.4. The lowest BCUT2D eigenvalue weighted by Crippen LogP contribution is -2.40. The van der Waals surface area contributed by atoms with Gasteiger partial charge in [-0.15, -0.1) is 0 Å². The maximum Gasteiger partial charge on any atom is 0.251 e. The minimum absolute atomic E-state index is 0.179. The quantitative estimate of drug-likeness (QED) is 0.738. The Labute approximate surface area is 164 Å². The van der Waals surface area contributed by atoms with Crippen LogP contribution in [0.3, 0.4) is 0 Å². The van der Waals surface area contributed by atoms with E-state index in [9.17, 15) is 13.2 Å². The number of hydrogen-bond donors (Lipinski definition) is 1. The first-order valence-electron chi connectivity index (χ1n) is 9.04. The van der Waals surface area contributed by atoms with Crippen molar-refractivity contribution >= 4 is 21.6 Å². The average molecular weight is 395 g/mol. The molecule has 1 aliphatic rings. The van der Waals surface area contributed by atoms with Crippen LogP contribution in [0.2, 0.25) is 0 Å². The first-order valence-corrected chi connectivity index (χ1v) is 10.9. The van der Waals surface area contributed by atoms with Crippen molar-refractivity contribution in [3.8, 4) is 5.69 Å². The summed E-state index contributed by atoms with van der Waals surface area (Å²) in [5, 5.41) is 3.07. The van der Waals surface area contributed by atoms with E-state index in [0.717, 1.165) is 11.3 Å². The summed E-state index contributed by atoms with van der Waals surface area (Å²) >= 11 is 0. The average Bonchev–Trinajstić information content (AvgIpc) is 3.22. The lowest BCUT2D eigenvalue weighted by molar-refractivity contribution is 0.0934. The molecule has 0 radical (unpaired) electrons. The predicted molar refractivity (Wildman–Crippen MR) is 109 cm³/mol. The molecule has 0 bridgehead atoms. The van der Waals surface area contributed by atoms with Gasteiger partial charge in [-0.3, -0.25) is 9.10 Å². The number of benzene rings is 2. The Bertz CT molecular complexity index is 1110. The van der Waals surface area contributed by atoms with E-state index in [1.807, 2.05) is 65.5 Å². The Morgan fingerprint density at radius 3 is 2.54 bits per heavy atom. The second kappa shape index (κ2) is 7.16. The maximum atomic E-state index is 12.9. The summed E-state index contributed by atoms with van der Waals surface area (Å²) < 4.78 is 27.5. The van der Waals surface area contributed by atoms with Crippen molar-refractivity contribution in [2.75, 3.05) is 17.1 Å². The van der Waals surface area contributed by atoms with Gasteiger partial charge in [-0.05, 0) is 48.4 Å². The molecule has 3 aromatic rings. The van der Waals surface area contributed by atoms with Crippen molar-refractivity contribution < 1.29 is 13.2 Å². The van der Waals surface area contributed by atoms with Crippen LogP contribution in [0.15, 0.2) is 73.1 Å². The summed E-state index contributed by atoms with van der Waals surface area (Å²) in [4.78, 5) is 12.9. The van der Waals surface area contributed by atoms with Crippen LogP contribution in [-0.2, 0) is 10.0 Å². The number of carbonyl (C=O) groups excluding carboxylic acids is 1. The monoisotopic (exact) mass is 395 g/mol. The van der Waals surface area contributed by atoms with E-state index in [1.54, 1.807) is 12.1 Å². The second-order valence-corrected chi connectivity index (χ2v) is 8.76. The van der Waals surface area contributed by atoms with Gasteiger partial charge in [-0.25, -0.2) is 8.42 Å². The molecule has 0 aliphatic carbocycles. The molecule has 2 aromatic carbocycles. The van der Waals surface area contributed by atoms with Crippen molar-refractivity contribution in [2.24, 2.45) is 0 Å². The van der Waals surface area contributed by atoms with Crippen molar-refractivity contribution in [1.82, 2.24) is 9.88 Å². The number of hydrogen-bond acceptors (Lipinski definition) is 3. The number of amides is 1. The van der Waals surface area contributed by atoms with Gasteiger partial charge in [0, 0.05) is 30.2 Å². The molecule has 28 heavy (non-hydrogen) atoms. The Morgan fingerprint density at radius 1 is 1.04 bits per heavy atom. The standard InChI is InChI=1S/C21H21N3O3S/c1-28(26,27)24-14-11-19(18-9-2-3-10-20(18)24)22-21(25)16-7-6-8-17(15-16)23-12-4-5-13-23/h2-10,12-13,15,19H,11,14H2,1H3,(H,22,25). The molecular formula is C21H21N3O3S. The summed E-state index contributed by atoms with van der Waals surface area (Å²) in [6, 6.07) is 18.3. The molecule has 4 rings (SSSR count). The smallest absolute Gasteiger partial charge is 0.251 e. The van der Waals surface area contributed by atoms with Gasteiger partial charge in [-0.1, -0.05) is 24.3 Å². The fourth-order valence-electron chi connectivity index (χ4n) is 3.58. The highest BCUT2D eigenvalue weighted by Crippen LogP contribution is 2.35. The van der Waals surface area contributed by atoms with Gasteiger partial charge in [0.25, 0.3) is 5.91 Å². The van der Waals surface area contributed by atoms with Crippen LogP contribution in [0, 0.1) is 0 Å². The van der Waals surface area contributed by atoms with Gasteiger partial charge in [0.1, 0.15) is 0 Å². The van der Waals surface area contributed by atoms with Gasteiger partial charge >= 0.3 is 0 Å². The van der Waals surface area contributed by atoms with Crippen LogP contribution in [0.5, 0.6) is 0 Å². The van der Waals surface area contributed by atoms with E-state index in [4.69, 9.17) is 0 Å². The summed E-state index contributed by atoms with van der Waals surface area (Å²) in [6.07, 6.45) is 5.57. The van der Waals surface area contributed by atoms with E-state index in [0.29, 0.717) is 24.2 Å². The zero-order valence-electron chi connectivity index (χ0n) is 15.4. The molecule has 0 fully saturated rings. The van der Waals surface area contributed by atoms with Crippen LogP contribution in [0.25, 0.3) is 5.69 Å². The van der Waals surface area contributed by atoms with E-state index in [-0.39, 0.29) is 11.9 Å². The highest BCUT2D eigenvalue weighted by atomic mass is 32.2. The minimum Gasteiger partial charge on any atom is -0.345 e. The number of carbonyl (C=O) groups is 1. The Morgan fingerprint density at radius 2 is 1.79 bits per heavy atom. The molecule has 144 valence electrons. The fourth-order valence-corrected chi connectivity index (χ4v) is 4.54. The number of rotatable bonds is 4. The largest absolute Gasteiger partial charge is 0.345 e. The van der Waals surface area contributed by atoms with E-state index in [1.165, 1.54) is 10.6 Å². The third-order valence-corrected chi connectivity index (χ3v) is 6.10. The van der Waals surface area contributed by atoms with Crippen molar-refractivity contribution in [3.63, 3.8) is 0 Å². The topological polar surface area (TPSA) is 71.4 Å². The van der Waals surface area contributed by atoms with Crippen LogP contribution < -0.4 is 9.62 Å². The summed E-state index contributed by atoms with van der Waals surface area (Å²) in [5.74, 6) is -0.179. The lowest BCUT2D eigenvalue weighted by Gasteiger charge is -2.34. The number of para-hydroxylation sites is 1. The third-order valence-electron chi connectivity index (χ3n) is 4.92. The highest BCUT2D eigenvalue weighted by Gasteiger charge is 2.30. The zero-order chi connectivity index (χ0) is 19.7. The minimum atomic E-state index is -3.36. The van der Waals surface area contributed by atoms with Crippen LogP contribution >= 0.6 is 0 Å². The molecule has 1 N–H and O–H groups in total. The molecule has 7 heteroatoms. The van der Waals surface area contributed by atoms with Gasteiger partial charge in [-0.2, -0.15) is 0 Å². The van der Waals surface area contributed by atoms with Crippen LogP contribution in [0.1, 0.15) is 28.4 Å². The number of anilines is 1. The van der Waals surface area contributed by atoms with Crippen molar-refractivity contribution in [2.45, 2.75) is 12.5 Å². The molecule has 1 amide bonds. The summed E-state index contributed by atoms with van der Waals surface area (Å²) in [7, 11) is -3.36. The molecule has 0 saturated heterocycles. The maximum absolute atomic E-state index is 12.9. The fraction of sp³-hybridized carbons (Fsp3) is 0.190. The Hall–Kier alpha value is -3.06. The number of aromatic nitrogens is 1. The van der Waals surface area contributed by atoms with Gasteiger partial charge in [0.05, 0.1) is 18.0 Å². The highest BCUT2D eigenvalue weighted by molar-refractivity contribution is 7.92. The molecule has 2 heterocycles. The SMILES string of the molecule is CS(=O)(=O)N1CCC(NC(=O)c2cccc(-n3cccc3)c2)c2ccccc21. The summed E-state index contributed by atoms with van der Waals surface area (Å²) in [6.45, 7) is 0.338. The number of fused-ring (bicyclic) bond motifs is 1. The Balaban J connectivity index is 1.59. The molecule has 1 aromatic heterocycles. The van der Waals surface area contributed by atoms with Gasteiger partial charge < -0.3 is 9.88 Å². The molecule has 0 saturated carbocycles. The van der Waals surface area contributed by atoms with Crippen LogP contribution in [-0.4, -0.2) is 31.7 Å². The van der Waals surface area contributed by atoms with Gasteiger partial charge in [0.2, 0.25) is 10.0 Å².